The standard InChI is InChI=1S/C20H18N2O7S/c23-18-16-5-1-2-6-17(16)19(24)22(18)29-20(25)13-7-9-15(10-8-13)30(26,27)21-12-14-4-3-11-28-14/h1-2,5-10,14,21H,3-4,11-12H2. The number of imide groups is 1. The summed E-state index contributed by atoms with van der Waals surface area (Å²) in [5, 5.41) is 0.404. The molecule has 4 rings (SSSR count). The van der Waals surface area contributed by atoms with Crippen LogP contribution in [0.15, 0.2) is 53.4 Å². The zero-order valence-corrected chi connectivity index (χ0v) is 16.6. The highest BCUT2D eigenvalue weighted by molar-refractivity contribution is 7.89. The van der Waals surface area contributed by atoms with Gasteiger partial charge in [-0.3, -0.25) is 9.59 Å². The summed E-state index contributed by atoms with van der Waals surface area (Å²) >= 11 is 0. The minimum Gasteiger partial charge on any atom is -0.377 e. The Kier molecular flexibility index (Phi) is 5.37. The SMILES string of the molecule is O=C(ON1C(=O)c2ccccc2C1=O)c1ccc(S(=O)(=O)NCC2CCCO2)cc1. The lowest BCUT2D eigenvalue weighted by molar-refractivity contribution is -0.0584. The Bertz CT molecular complexity index is 1070. The summed E-state index contributed by atoms with van der Waals surface area (Å²) in [6, 6.07) is 11.1. The van der Waals surface area contributed by atoms with Crippen molar-refractivity contribution in [3.63, 3.8) is 0 Å². The quantitative estimate of drug-likeness (QED) is 0.690. The molecule has 2 aliphatic heterocycles. The van der Waals surface area contributed by atoms with Crippen molar-refractivity contribution in [1.82, 2.24) is 9.79 Å². The van der Waals surface area contributed by atoms with Gasteiger partial charge in [-0.15, -0.1) is 0 Å². The first-order valence-electron chi connectivity index (χ1n) is 9.28. The average Bonchev–Trinajstić information content (AvgIpc) is 3.36. The predicted octanol–water partition coefficient (Wildman–Crippen LogP) is 1.51. The third kappa shape index (κ3) is 3.84. The normalized spacial score (nSPS) is 18.5. The number of nitrogens with zero attached hydrogens (tertiary/aromatic N) is 1. The number of rotatable bonds is 6. The van der Waals surface area contributed by atoms with Crippen molar-refractivity contribution in [2.45, 2.75) is 23.8 Å². The van der Waals surface area contributed by atoms with Gasteiger partial charge in [0.25, 0.3) is 11.8 Å². The molecular formula is C20H18N2O7S. The third-order valence-electron chi connectivity index (χ3n) is 4.86. The van der Waals surface area contributed by atoms with Gasteiger partial charge in [0.05, 0.1) is 27.7 Å². The Hall–Kier alpha value is -3.08. The predicted molar refractivity (Wildman–Crippen MR) is 103 cm³/mol. The minimum atomic E-state index is -3.77. The molecular weight excluding hydrogens is 412 g/mol. The summed E-state index contributed by atoms with van der Waals surface area (Å²) in [5.41, 5.74) is 0.285. The van der Waals surface area contributed by atoms with Crippen molar-refractivity contribution in [1.29, 1.82) is 0 Å². The second kappa shape index (κ2) is 7.98. The van der Waals surface area contributed by atoms with Gasteiger partial charge in [0.15, 0.2) is 0 Å². The number of nitrogens with one attached hydrogen (secondary N) is 1. The van der Waals surface area contributed by atoms with Crippen LogP contribution in [0.2, 0.25) is 0 Å². The Morgan fingerprint density at radius 2 is 1.70 bits per heavy atom. The molecule has 30 heavy (non-hydrogen) atoms. The highest BCUT2D eigenvalue weighted by atomic mass is 32.2. The number of hydrogen-bond acceptors (Lipinski definition) is 7. The Morgan fingerprint density at radius 3 is 2.27 bits per heavy atom. The topological polar surface area (TPSA) is 119 Å². The van der Waals surface area contributed by atoms with E-state index in [9.17, 15) is 22.8 Å². The maximum absolute atomic E-state index is 12.4. The fraction of sp³-hybridized carbons (Fsp3) is 0.250. The monoisotopic (exact) mass is 430 g/mol. The van der Waals surface area contributed by atoms with Crippen LogP contribution in [0.4, 0.5) is 0 Å². The number of hydroxylamine groups is 2. The lowest BCUT2D eigenvalue weighted by Crippen LogP contribution is -2.33. The van der Waals surface area contributed by atoms with E-state index in [2.05, 4.69) is 4.72 Å². The van der Waals surface area contributed by atoms with E-state index in [0.29, 0.717) is 11.7 Å². The van der Waals surface area contributed by atoms with Gasteiger partial charge in [0.2, 0.25) is 10.0 Å². The molecule has 0 spiro atoms. The lowest BCUT2D eigenvalue weighted by Gasteiger charge is -2.13. The van der Waals surface area contributed by atoms with E-state index >= 15 is 0 Å². The first-order valence-corrected chi connectivity index (χ1v) is 10.8. The lowest BCUT2D eigenvalue weighted by atomic mass is 10.1. The summed E-state index contributed by atoms with van der Waals surface area (Å²) in [4.78, 5) is 41.8. The molecule has 2 aromatic carbocycles. The molecule has 156 valence electrons. The van der Waals surface area contributed by atoms with Gasteiger partial charge in [-0.2, -0.15) is 0 Å². The molecule has 0 radical (unpaired) electrons. The molecule has 0 saturated carbocycles. The molecule has 0 aromatic heterocycles. The van der Waals surface area contributed by atoms with E-state index in [-0.39, 0.29) is 34.2 Å². The number of hydrogen-bond donors (Lipinski definition) is 1. The van der Waals surface area contributed by atoms with Crippen LogP contribution >= 0.6 is 0 Å². The third-order valence-corrected chi connectivity index (χ3v) is 6.30. The summed E-state index contributed by atoms with van der Waals surface area (Å²) in [6.45, 7) is 0.794. The molecule has 9 nitrogen and oxygen atoms in total. The van der Waals surface area contributed by atoms with Crippen LogP contribution in [0, 0.1) is 0 Å². The zero-order valence-electron chi connectivity index (χ0n) is 15.7. The van der Waals surface area contributed by atoms with Crippen LogP contribution in [0.5, 0.6) is 0 Å². The number of amides is 2. The first-order chi connectivity index (χ1) is 14.4. The van der Waals surface area contributed by atoms with Crippen molar-refractivity contribution in [2.24, 2.45) is 0 Å². The Labute approximate surface area is 172 Å². The fourth-order valence-corrected chi connectivity index (χ4v) is 4.31. The molecule has 10 heteroatoms. The van der Waals surface area contributed by atoms with Gasteiger partial charge in [0.1, 0.15) is 0 Å². The first kappa shape index (κ1) is 20.2. The van der Waals surface area contributed by atoms with E-state index in [4.69, 9.17) is 9.57 Å². The molecule has 2 amide bonds. The zero-order chi connectivity index (χ0) is 21.3. The molecule has 1 saturated heterocycles. The summed E-state index contributed by atoms with van der Waals surface area (Å²) in [6.07, 6.45) is 1.55. The number of fused-ring (bicyclic) bond motifs is 1. The smallest absolute Gasteiger partial charge is 0.363 e. The molecule has 1 unspecified atom stereocenters. The van der Waals surface area contributed by atoms with Crippen molar-refractivity contribution >= 4 is 27.8 Å². The summed E-state index contributed by atoms with van der Waals surface area (Å²) in [5.74, 6) is -2.43. The van der Waals surface area contributed by atoms with E-state index in [1.54, 1.807) is 12.1 Å². The van der Waals surface area contributed by atoms with E-state index in [1.165, 1.54) is 36.4 Å². The fourth-order valence-electron chi connectivity index (χ4n) is 3.25. The van der Waals surface area contributed by atoms with Gasteiger partial charge in [-0.05, 0) is 49.2 Å². The van der Waals surface area contributed by atoms with Crippen LogP contribution in [-0.2, 0) is 19.6 Å². The Morgan fingerprint density at radius 1 is 1.07 bits per heavy atom. The van der Waals surface area contributed by atoms with Crippen molar-refractivity contribution in [3.8, 4) is 0 Å². The van der Waals surface area contributed by atoms with Crippen LogP contribution in [0.3, 0.4) is 0 Å². The number of carbonyl (C=O) groups excluding carboxylic acids is 3. The number of sulfonamides is 1. The van der Waals surface area contributed by atoms with Crippen LogP contribution in [-0.4, -0.2) is 50.5 Å². The molecule has 2 heterocycles. The van der Waals surface area contributed by atoms with Gasteiger partial charge < -0.3 is 9.57 Å². The number of benzene rings is 2. The summed E-state index contributed by atoms with van der Waals surface area (Å²) in [7, 11) is -3.77. The molecule has 2 aliphatic rings. The highest BCUT2D eigenvalue weighted by Crippen LogP contribution is 2.23. The second-order valence-corrected chi connectivity index (χ2v) is 8.61. The van der Waals surface area contributed by atoms with Crippen LogP contribution in [0.1, 0.15) is 43.9 Å². The maximum Gasteiger partial charge on any atom is 0.363 e. The van der Waals surface area contributed by atoms with Crippen LogP contribution < -0.4 is 4.72 Å². The van der Waals surface area contributed by atoms with E-state index in [1.807, 2.05) is 0 Å². The molecule has 2 aromatic rings. The minimum absolute atomic E-state index is 0.00960. The highest BCUT2D eigenvalue weighted by Gasteiger charge is 2.38. The second-order valence-electron chi connectivity index (χ2n) is 6.84. The van der Waals surface area contributed by atoms with Gasteiger partial charge >= 0.3 is 5.97 Å². The van der Waals surface area contributed by atoms with E-state index in [0.717, 1.165) is 12.8 Å². The number of carbonyl (C=O) groups is 3. The van der Waals surface area contributed by atoms with Gasteiger partial charge in [-0.1, -0.05) is 17.2 Å². The average molecular weight is 430 g/mol. The van der Waals surface area contributed by atoms with Crippen molar-refractivity contribution in [2.75, 3.05) is 13.2 Å². The molecule has 0 aliphatic carbocycles. The molecule has 1 fully saturated rings. The van der Waals surface area contributed by atoms with Gasteiger partial charge in [-0.25, -0.2) is 17.9 Å². The molecule has 1 atom stereocenters. The Balaban J connectivity index is 1.42. The van der Waals surface area contributed by atoms with E-state index < -0.39 is 27.8 Å². The van der Waals surface area contributed by atoms with Crippen LogP contribution in [0.25, 0.3) is 0 Å². The summed E-state index contributed by atoms with van der Waals surface area (Å²) < 4.78 is 32.6. The molecule has 0 bridgehead atoms. The molecule has 1 N–H and O–H groups in total. The number of ether oxygens (including phenoxy) is 1. The van der Waals surface area contributed by atoms with Crippen molar-refractivity contribution in [3.05, 3.63) is 65.2 Å². The maximum atomic E-state index is 12.4. The van der Waals surface area contributed by atoms with Gasteiger partial charge in [0, 0.05) is 13.2 Å². The largest absolute Gasteiger partial charge is 0.377 e. The van der Waals surface area contributed by atoms with Crippen molar-refractivity contribution < 1.29 is 32.4 Å².